The Morgan fingerprint density at radius 2 is 1.08 bits per heavy atom. The highest BCUT2D eigenvalue weighted by Crippen LogP contribution is 2.46. The highest BCUT2D eigenvalue weighted by molar-refractivity contribution is 6.40. The Labute approximate surface area is 373 Å². The minimum atomic E-state index is -0.717. The number of hydrogen-bond acceptors (Lipinski definition) is 5. The Morgan fingerprint density at radius 1 is 0.633 bits per heavy atom. The van der Waals surface area contributed by atoms with E-state index in [2.05, 4.69) is 16.0 Å². The van der Waals surface area contributed by atoms with Crippen molar-refractivity contribution in [3.63, 3.8) is 0 Å². The minimum absolute atomic E-state index is 0.00199. The van der Waals surface area contributed by atoms with Gasteiger partial charge in [-0.05, 0) is 118 Å². The smallest absolute Gasteiger partial charge is 0.314 e. The van der Waals surface area contributed by atoms with Crippen LogP contribution >= 0.6 is 46.4 Å². The zero-order valence-corrected chi connectivity index (χ0v) is 36.7. The third-order valence-electron chi connectivity index (χ3n) is 11.9. The molecule has 60 heavy (non-hydrogen) atoms. The molecule has 0 radical (unpaired) electrons. The summed E-state index contributed by atoms with van der Waals surface area (Å²) in [4.78, 5) is 51.1. The molecule has 2 saturated heterocycles. The first-order chi connectivity index (χ1) is 29.0. The first-order valence-corrected chi connectivity index (χ1v) is 22.4. The van der Waals surface area contributed by atoms with E-state index in [-0.39, 0.29) is 34.9 Å². The van der Waals surface area contributed by atoms with E-state index in [1.165, 1.54) is 0 Å². The fraction of sp³-hybridized carbons (Fsp3) is 0.404. The number of para-hydroxylation sites is 2. The van der Waals surface area contributed by atoms with Gasteiger partial charge in [0.2, 0.25) is 17.7 Å². The molecule has 4 aliphatic rings. The second kappa shape index (κ2) is 23.2. The van der Waals surface area contributed by atoms with Crippen LogP contribution in [0, 0.1) is 11.8 Å². The minimum Gasteiger partial charge on any atom is -0.481 e. The summed E-state index contributed by atoms with van der Waals surface area (Å²) in [5, 5.41) is 19.9. The third kappa shape index (κ3) is 12.5. The van der Waals surface area contributed by atoms with Crippen LogP contribution in [0.3, 0.4) is 0 Å². The van der Waals surface area contributed by atoms with Crippen molar-refractivity contribution < 1.29 is 24.3 Å². The maximum Gasteiger partial charge on any atom is 0.314 e. The molecule has 4 aromatic carbocycles. The molecule has 2 heterocycles. The van der Waals surface area contributed by atoms with E-state index in [0.29, 0.717) is 16.6 Å². The van der Waals surface area contributed by atoms with Gasteiger partial charge >= 0.3 is 5.97 Å². The zero-order chi connectivity index (χ0) is 43.0. The van der Waals surface area contributed by atoms with Gasteiger partial charge in [0, 0.05) is 41.1 Å². The average molecular weight is 897 g/mol. The first-order valence-electron chi connectivity index (χ1n) is 20.6. The van der Waals surface area contributed by atoms with Gasteiger partial charge in [-0.1, -0.05) is 96.7 Å². The summed E-state index contributed by atoms with van der Waals surface area (Å²) in [7, 11) is 0. The monoisotopic (exact) mass is 894 g/mol. The van der Waals surface area contributed by atoms with Crippen molar-refractivity contribution in [1.82, 2.24) is 10.2 Å². The number of nitrogens with one attached hydrogen (secondary N) is 3. The maximum absolute atomic E-state index is 13.5. The highest BCUT2D eigenvalue weighted by Gasteiger charge is 2.49. The van der Waals surface area contributed by atoms with Crippen LogP contribution in [0.15, 0.2) is 109 Å². The lowest BCUT2D eigenvalue weighted by atomic mass is 9.63. The number of halogens is 4. The van der Waals surface area contributed by atoms with Crippen molar-refractivity contribution in [3.05, 3.63) is 130 Å². The van der Waals surface area contributed by atoms with Gasteiger partial charge in [0.15, 0.2) is 0 Å². The largest absolute Gasteiger partial charge is 0.481 e. The van der Waals surface area contributed by atoms with Crippen molar-refractivity contribution in [2.24, 2.45) is 11.8 Å². The van der Waals surface area contributed by atoms with Crippen LogP contribution in [0.25, 0.3) is 0 Å². The summed E-state index contributed by atoms with van der Waals surface area (Å²) < 4.78 is 0. The van der Waals surface area contributed by atoms with E-state index in [1.54, 1.807) is 12.1 Å². The van der Waals surface area contributed by atoms with Crippen LogP contribution in [0.5, 0.6) is 0 Å². The fourth-order valence-electron chi connectivity index (χ4n) is 8.14. The topological polar surface area (TPSA) is 128 Å². The lowest BCUT2D eigenvalue weighted by Crippen LogP contribution is -2.54. The number of piperidine rings is 2. The number of carbonyl (C=O) groups is 4. The summed E-state index contributed by atoms with van der Waals surface area (Å²) in [6.07, 6.45) is 9.02. The van der Waals surface area contributed by atoms with Gasteiger partial charge < -0.3 is 26.0 Å². The normalized spacial score (nSPS) is 19.6. The van der Waals surface area contributed by atoms with Gasteiger partial charge in [-0.15, -0.1) is 23.2 Å². The molecule has 4 fully saturated rings. The molecule has 4 N–H and O–H groups in total. The van der Waals surface area contributed by atoms with Crippen LogP contribution in [-0.2, 0) is 30.0 Å². The number of hydrogen-bond donors (Lipinski definition) is 4. The second-order valence-electron chi connectivity index (χ2n) is 15.6. The molecule has 3 amide bonds. The lowest BCUT2D eigenvalue weighted by Gasteiger charge is -2.45. The Balaban J connectivity index is 0.000000180. The van der Waals surface area contributed by atoms with Crippen molar-refractivity contribution in [1.29, 1.82) is 0 Å². The van der Waals surface area contributed by atoms with Gasteiger partial charge in [-0.3, -0.25) is 19.2 Å². The molecule has 9 nitrogen and oxygen atoms in total. The maximum atomic E-state index is 13.5. The molecule has 0 aromatic heterocycles. The molecule has 2 atom stereocenters. The van der Waals surface area contributed by atoms with Gasteiger partial charge in [0.05, 0.1) is 28.0 Å². The SMILES string of the molecule is ClCCl.O=C(Nc1ccccc1)[C@@H]1CCCN(C(=O)C2(c3ccc(Cl)cc3)CCC2)C1.O=C(Nc1ccccc1)[C@@H]1CCCNC1.O=C(O)C1(c2ccc(Cl)cc2)CCC1. The molecule has 0 spiro atoms. The van der Waals surface area contributed by atoms with E-state index in [1.807, 2.05) is 102 Å². The van der Waals surface area contributed by atoms with Crippen molar-refractivity contribution in [2.45, 2.75) is 75.0 Å². The summed E-state index contributed by atoms with van der Waals surface area (Å²) in [6.45, 7) is 3.06. The Hall–Kier alpha value is -4.12. The number of nitrogens with zero attached hydrogens (tertiary/aromatic N) is 1. The first kappa shape index (κ1) is 46.9. The molecular weight excluding hydrogens is 842 g/mol. The number of likely N-dealkylation sites (tertiary alicyclic amines) is 1. The van der Waals surface area contributed by atoms with E-state index in [4.69, 9.17) is 46.4 Å². The van der Waals surface area contributed by atoms with Crippen molar-refractivity contribution >= 4 is 81.5 Å². The summed E-state index contributed by atoms with van der Waals surface area (Å²) in [5.74, 6) is -0.463. The standard InChI is InChI=1S/C23H25ClN2O2.C12H16N2O.C11H11ClO2.CH2Cl2/c24-19-11-9-18(10-12-19)23(13-5-14-23)22(28)26-15-4-6-17(16-26)21(27)25-20-7-2-1-3-8-20;15-12(10-5-4-8-13-9-10)14-11-6-2-1-3-7-11;12-9-4-2-8(3-5-9)11(10(13)14)6-1-7-11;2-1-3/h1-3,7-12,17H,4-6,13-16H2,(H,25,27);1-3,6-7,10,13H,4-5,8-9H2,(H,14,15);2-5H,1,6-7H2,(H,13,14);1H2/t17-;10-;;/m11../s1. The molecule has 2 aliphatic carbocycles. The number of carboxylic acids is 1. The van der Waals surface area contributed by atoms with Gasteiger partial charge in [0.25, 0.3) is 0 Å². The third-order valence-corrected chi connectivity index (χ3v) is 12.4. The van der Waals surface area contributed by atoms with Crippen molar-refractivity contribution in [2.75, 3.05) is 42.2 Å². The molecular formula is C47H54Cl4N4O5. The molecule has 0 bridgehead atoms. The number of alkyl halides is 2. The second-order valence-corrected chi connectivity index (χ2v) is 17.3. The predicted molar refractivity (Wildman–Crippen MR) is 243 cm³/mol. The Bertz CT molecular complexity index is 1970. The zero-order valence-electron chi connectivity index (χ0n) is 33.7. The van der Waals surface area contributed by atoms with Crippen LogP contribution in [0.1, 0.15) is 75.3 Å². The lowest BCUT2D eigenvalue weighted by molar-refractivity contribution is -0.147. The van der Waals surface area contributed by atoms with Crippen LogP contribution in [0.2, 0.25) is 10.0 Å². The van der Waals surface area contributed by atoms with Crippen LogP contribution in [-0.4, -0.2) is 65.2 Å². The highest BCUT2D eigenvalue weighted by atomic mass is 35.5. The molecule has 4 aromatic rings. The van der Waals surface area contributed by atoms with E-state index in [9.17, 15) is 24.3 Å². The molecule has 0 unspecified atom stereocenters. The number of benzene rings is 4. The average Bonchev–Trinajstić information content (AvgIpc) is 3.23. The molecule has 2 aliphatic heterocycles. The van der Waals surface area contributed by atoms with Crippen LogP contribution in [0.4, 0.5) is 11.4 Å². The van der Waals surface area contributed by atoms with Gasteiger partial charge in [-0.2, -0.15) is 0 Å². The predicted octanol–water partition coefficient (Wildman–Crippen LogP) is 10.5. The molecule has 13 heteroatoms. The van der Waals surface area contributed by atoms with Gasteiger partial charge in [-0.25, -0.2) is 0 Å². The molecule has 8 rings (SSSR count). The summed E-state index contributed by atoms with van der Waals surface area (Å²) >= 11 is 21.3. The number of rotatable bonds is 8. The number of anilines is 2. The number of amides is 3. The number of carbonyl (C=O) groups excluding carboxylic acids is 3. The van der Waals surface area contributed by atoms with Crippen LogP contribution < -0.4 is 16.0 Å². The molecule has 320 valence electrons. The summed E-state index contributed by atoms with van der Waals surface area (Å²) in [6, 6.07) is 33.9. The Morgan fingerprint density at radius 3 is 1.50 bits per heavy atom. The molecule has 2 saturated carbocycles. The van der Waals surface area contributed by atoms with E-state index in [0.717, 1.165) is 106 Å². The van der Waals surface area contributed by atoms with E-state index < -0.39 is 16.8 Å². The summed E-state index contributed by atoms with van der Waals surface area (Å²) in [5.41, 5.74) is 2.53. The van der Waals surface area contributed by atoms with Crippen molar-refractivity contribution in [3.8, 4) is 0 Å². The Kier molecular flexibility index (Phi) is 18.1. The van der Waals surface area contributed by atoms with Gasteiger partial charge in [0.1, 0.15) is 0 Å². The quantitative estimate of drug-likeness (QED) is 0.130. The number of carboxylic acid groups (broad SMARTS) is 1. The number of aliphatic carboxylic acids is 1. The fourth-order valence-corrected chi connectivity index (χ4v) is 8.39. The van der Waals surface area contributed by atoms with E-state index >= 15 is 0 Å².